The summed E-state index contributed by atoms with van der Waals surface area (Å²) in [6.45, 7) is 2.73. The fourth-order valence-electron chi connectivity index (χ4n) is 5.31. The van der Waals surface area contributed by atoms with Gasteiger partial charge in [0.2, 0.25) is 5.91 Å². The molecule has 0 bridgehead atoms. The van der Waals surface area contributed by atoms with Gasteiger partial charge in [-0.1, -0.05) is 36.6 Å². The van der Waals surface area contributed by atoms with E-state index in [4.69, 9.17) is 16.3 Å². The Kier molecular flexibility index (Phi) is 6.02. The summed E-state index contributed by atoms with van der Waals surface area (Å²) in [6, 6.07) is 15.5. The molecule has 1 aromatic heterocycles. The SMILES string of the molecule is COc1ccc2cc3n(c2c1)CC(C)(C(=O)NC1CCCC1)N(CCc1ccc(Cl)cc1)C3=O. The first-order valence-electron chi connectivity index (χ1n) is 11.9. The van der Waals surface area contributed by atoms with Crippen molar-refractivity contribution in [3.8, 4) is 5.75 Å². The average molecular weight is 480 g/mol. The van der Waals surface area contributed by atoms with E-state index in [-0.39, 0.29) is 17.9 Å². The second-order valence-electron chi connectivity index (χ2n) is 9.60. The van der Waals surface area contributed by atoms with Crippen LogP contribution in [0.15, 0.2) is 48.5 Å². The molecular weight excluding hydrogens is 450 g/mol. The quantitative estimate of drug-likeness (QED) is 0.551. The molecule has 2 amide bonds. The van der Waals surface area contributed by atoms with Crippen molar-refractivity contribution >= 4 is 34.3 Å². The Bertz CT molecular complexity index is 1230. The monoisotopic (exact) mass is 479 g/mol. The number of carbonyl (C=O) groups excluding carboxylic acids is 2. The maximum absolute atomic E-state index is 13.8. The number of nitrogens with one attached hydrogen (secondary N) is 1. The Labute approximate surface area is 204 Å². The van der Waals surface area contributed by atoms with Crippen LogP contribution in [0, 0.1) is 0 Å². The lowest BCUT2D eigenvalue weighted by Crippen LogP contribution is -2.65. The van der Waals surface area contributed by atoms with E-state index in [0.717, 1.165) is 47.9 Å². The molecule has 5 rings (SSSR count). The number of rotatable bonds is 6. The number of halogens is 1. The van der Waals surface area contributed by atoms with Gasteiger partial charge in [-0.3, -0.25) is 9.59 Å². The van der Waals surface area contributed by atoms with Crippen LogP contribution in [0.4, 0.5) is 0 Å². The van der Waals surface area contributed by atoms with E-state index in [2.05, 4.69) is 5.32 Å². The van der Waals surface area contributed by atoms with E-state index < -0.39 is 5.54 Å². The standard InChI is InChI=1S/C27H30ClN3O3/c1-27(26(33)29-21-5-3-4-6-21)17-30-23-16-22(34-2)12-9-19(23)15-24(30)25(32)31(27)14-13-18-7-10-20(28)11-8-18/h7-12,15-16,21H,3-6,13-14,17H2,1-2H3,(H,29,33). The number of carbonyl (C=O) groups is 2. The fourth-order valence-corrected chi connectivity index (χ4v) is 5.44. The summed E-state index contributed by atoms with van der Waals surface area (Å²) >= 11 is 6.04. The molecule has 1 unspecified atom stereocenters. The molecule has 2 heterocycles. The molecule has 0 radical (unpaired) electrons. The van der Waals surface area contributed by atoms with Crippen molar-refractivity contribution in [2.24, 2.45) is 0 Å². The van der Waals surface area contributed by atoms with Crippen molar-refractivity contribution in [2.45, 2.75) is 57.2 Å². The van der Waals surface area contributed by atoms with Crippen molar-refractivity contribution in [3.05, 3.63) is 64.8 Å². The summed E-state index contributed by atoms with van der Waals surface area (Å²) in [4.78, 5) is 29.3. The van der Waals surface area contributed by atoms with Crippen LogP contribution in [0.25, 0.3) is 10.9 Å². The zero-order chi connectivity index (χ0) is 23.9. The molecule has 1 atom stereocenters. The third-order valence-corrected chi connectivity index (χ3v) is 7.61. The molecule has 178 valence electrons. The molecule has 1 fully saturated rings. The highest BCUT2D eigenvalue weighted by Crippen LogP contribution is 2.34. The van der Waals surface area contributed by atoms with E-state index in [0.29, 0.717) is 30.2 Å². The summed E-state index contributed by atoms with van der Waals surface area (Å²) in [6.07, 6.45) is 4.90. The number of hydrogen-bond donors (Lipinski definition) is 1. The van der Waals surface area contributed by atoms with Crippen LogP contribution in [0.1, 0.15) is 48.7 Å². The number of hydrogen-bond acceptors (Lipinski definition) is 3. The van der Waals surface area contributed by atoms with E-state index in [1.165, 1.54) is 0 Å². The van der Waals surface area contributed by atoms with E-state index in [1.807, 2.05) is 60.0 Å². The largest absolute Gasteiger partial charge is 0.497 e. The maximum atomic E-state index is 13.8. The first kappa shape index (κ1) is 22.8. The third-order valence-electron chi connectivity index (χ3n) is 7.35. The Morgan fingerprint density at radius 1 is 1.15 bits per heavy atom. The lowest BCUT2D eigenvalue weighted by Gasteiger charge is -2.44. The second-order valence-corrected chi connectivity index (χ2v) is 10.0. The van der Waals surface area contributed by atoms with Gasteiger partial charge in [-0.2, -0.15) is 0 Å². The summed E-state index contributed by atoms with van der Waals surface area (Å²) in [7, 11) is 1.63. The van der Waals surface area contributed by atoms with Gasteiger partial charge in [-0.25, -0.2) is 0 Å². The minimum absolute atomic E-state index is 0.0840. The average Bonchev–Trinajstić information content (AvgIpc) is 3.47. The van der Waals surface area contributed by atoms with Gasteiger partial charge in [0, 0.05) is 29.1 Å². The number of fused-ring (bicyclic) bond motifs is 3. The van der Waals surface area contributed by atoms with Gasteiger partial charge in [-0.15, -0.1) is 0 Å². The topological polar surface area (TPSA) is 63.6 Å². The molecule has 34 heavy (non-hydrogen) atoms. The van der Waals surface area contributed by atoms with Gasteiger partial charge in [-0.05, 0) is 62.1 Å². The van der Waals surface area contributed by atoms with Crippen LogP contribution in [0.3, 0.4) is 0 Å². The van der Waals surface area contributed by atoms with E-state index >= 15 is 0 Å². The molecule has 3 aromatic rings. The summed E-state index contributed by atoms with van der Waals surface area (Å²) < 4.78 is 7.40. The molecule has 1 saturated carbocycles. The molecule has 1 N–H and O–H groups in total. The van der Waals surface area contributed by atoms with Crippen molar-refractivity contribution in [3.63, 3.8) is 0 Å². The Morgan fingerprint density at radius 2 is 1.88 bits per heavy atom. The van der Waals surface area contributed by atoms with Crippen LogP contribution in [0.5, 0.6) is 5.75 Å². The number of aromatic nitrogens is 1. The van der Waals surface area contributed by atoms with Crippen molar-refractivity contribution < 1.29 is 14.3 Å². The van der Waals surface area contributed by atoms with Crippen molar-refractivity contribution in [1.29, 1.82) is 0 Å². The summed E-state index contributed by atoms with van der Waals surface area (Å²) in [5.41, 5.74) is 1.57. The molecule has 6 nitrogen and oxygen atoms in total. The summed E-state index contributed by atoms with van der Waals surface area (Å²) in [5.74, 6) is 0.516. The maximum Gasteiger partial charge on any atom is 0.271 e. The minimum atomic E-state index is -1.01. The predicted molar refractivity (Wildman–Crippen MR) is 133 cm³/mol. The molecule has 2 aromatic carbocycles. The molecular formula is C27H30ClN3O3. The first-order chi connectivity index (χ1) is 16.4. The Hall–Kier alpha value is -2.99. The van der Waals surface area contributed by atoms with Crippen LogP contribution in [0.2, 0.25) is 5.02 Å². The molecule has 0 saturated heterocycles. The zero-order valence-corrected chi connectivity index (χ0v) is 20.4. The predicted octanol–water partition coefficient (Wildman–Crippen LogP) is 4.82. The molecule has 1 aliphatic heterocycles. The van der Waals surface area contributed by atoms with Crippen molar-refractivity contribution in [2.75, 3.05) is 13.7 Å². The van der Waals surface area contributed by atoms with E-state index in [9.17, 15) is 9.59 Å². The van der Waals surface area contributed by atoms with Gasteiger partial charge in [0.15, 0.2) is 0 Å². The lowest BCUT2D eigenvalue weighted by atomic mass is 9.93. The number of methoxy groups -OCH3 is 1. The van der Waals surface area contributed by atoms with Crippen LogP contribution >= 0.6 is 11.6 Å². The van der Waals surface area contributed by atoms with E-state index in [1.54, 1.807) is 12.0 Å². The summed E-state index contributed by atoms with van der Waals surface area (Å²) in [5, 5.41) is 4.89. The van der Waals surface area contributed by atoms with Crippen LogP contribution < -0.4 is 10.1 Å². The van der Waals surface area contributed by atoms with Gasteiger partial charge >= 0.3 is 0 Å². The first-order valence-corrected chi connectivity index (χ1v) is 12.3. The van der Waals surface area contributed by atoms with Crippen LogP contribution in [-0.4, -0.2) is 46.5 Å². The van der Waals surface area contributed by atoms with Gasteiger partial charge in [0.05, 0.1) is 19.2 Å². The molecule has 7 heteroatoms. The van der Waals surface area contributed by atoms with Gasteiger partial charge in [0.1, 0.15) is 17.0 Å². The van der Waals surface area contributed by atoms with Gasteiger partial charge in [0.25, 0.3) is 5.91 Å². The lowest BCUT2D eigenvalue weighted by molar-refractivity contribution is -0.133. The van der Waals surface area contributed by atoms with Crippen LogP contribution in [-0.2, 0) is 17.8 Å². The number of ether oxygens (including phenoxy) is 1. The molecule has 1 aliphatic carbocycles. The van der Waals surface area contributed by atoms with Gasteiger partial charge < -0.3 is 19.5 Å². The highest BCUT2D eigenvalue weighted by molar-refractivity contribution is 6.30. The Balaban J connectivity index is 1.52. The highest BCUT2D eigenvalue weighted by Gasteiger charge is 2.48. The fraction of sp³-hybridized carbons (Fsp3) is 0.407. The molecule has 2 aliphatic rings. The second kappa shape index (κ2) is 8.99. The number of nitrogens with zero attached hydrogens (tertiary/aromatic N) is 2. The Morgan fingerprint density at radius 3 is 2.59 bits per heavy atom. The van der Waals surface area contributed by atoms with Crippen molar-refractivity contribution in [1.82, 2.24) is 14.8 Å². The highest BCUT2D eigenvalue weighted by atomic mass is 35.5. The number of benzene rings is 2. The number of amides is 2. The minimum Gasteiger partial charge on any atom is -0.497 e. The normalized spacial score (nSPS) is 20.6. The third kappa shape index (κ3) is 4.05. The zero-order valence-electron chi connectivity index (χ0n) is 19.6. The molecule has 0 spiro atoms. The smallest absolute Gasteiger partial charge is 0.271 e.